The Hall–Kier alpha value is -1.54. The third-order valence-corrected chi connectivity index (χ3v) is 3.92. The number of aliphatic imine (C=N–C) groups is 1. The van der Waals surface area contributed by atoms with Gasteiger partial charge in [-0.2, -0.15) is 0 Å². The Morgan fingerprint density at radius 3 is 2.52 bits per heavy atom. The molecule has 0 radical (unpaired) electrons. The molecule has 2 aromatic rings. The summed E-state index contributed by atoms with van der Waals surface area (Å²) in [7, 11) is 3.39. The molecule has 0 aliphatic carbocycles. The van der Waals surface area contributed by atoms with E-state index < -0.39 is 0 Å². The summed E-state index contributed by atoms with van der Waals surface area (Å²) in [6, 6.07) is 11.7. The largest absolute Gasteiger partial charge is 0.497 e. The molecule has 0 amide bonds. The Kier molecular flexibility index (Phi) is 10.3. The van der Waals surface area contributed by atoms with Gasteiger partial charge < -0.3 is 15.4 Å². The Balaban J connectivity index is 0.00000312. The highest BCUT2D eigenvalue weighted by Crippen LogP contribution is 2.22. The second-order valence-corrected chi connectivity index (χ2v) is 5.61. The van der Waals surface area contributed by atoms with Gasteiger partial charge in [0.2, 0.25) is 0 Å². The van der Waals surface area contributed by atoms with E-state index in [4.69, 9.17) is 16.3 Å². The highest BCUT2D eigenvalue weighted by atomic mass is 127. The normalized spacial score (nSPS) is 10.8. The van der Waals surface area contributed by atoms with E-state index in [1.165, 1.54) is 0 Å². The summed E-state index contributed by atoms with van der Waals surface area (Å²) in [5.74, 6) is 1.54. The third kappa shape index (κ3) is 7.48. The van der Waals surface area contributed by atoms with Crippen molar-refractivity contribution in [2.24, 2.45) is 4.99 Å². The van der Waals surface area contributed by atoms with E-state index in [9.17, 15) is 0 Å². The summed E-state index contributed by atoms with van der Waals surface area (Å²) in [6.45, 7) is 1.52. The number of nitrogens with one attached hydrogen (secondary N) is 2. The van der Waals surface area contributed by atoms with E-state index in [1.54, 1.807) is 20.4 Å². The van der Waals surface area contributed by atoms with Gasteiger partial charge in [0.25, 0.3) is 0 Å². The van der Waals surface area contributed by atoms with Gasteiger partial charge in [-0.05, 0) is 36.2 Å². The van der Waals surface area contributed by atoms with Crippen LogP contribution in [0.4, 0.5) is 0 Å². The van der Waals surface area contributed by atoms with Crippen molar-refractivity contribution in [1.82, 2.24) is 15.6 Å². The number of ether oxygens (including phenoxy) is 1. The maximum absolute atomic E-state index is 6.25. The van der Waals surface area contributed by atoms with Gasteiger partial charge >= 0.3 is 0 Å². The van der Waals surface area contributed by atoms with E-state index >= 15 is 0 Å². The number of pyridine rings is 1. The lowest BCUT2D eigenvalue weighted by Gasteiger charge is -2.12. The molecule has 0 bridgehead atoms. The maximum atomic E-state index is 6.25. The summed E-state index contributed by atoms with van der Waals surface area (Å²) in [5, 5.41) is 7.29. The molecule has 1 aromatic carbocycles. The maximum Gasteiger partial charge on any atom is 0.190 e. The van der Waals surface area contributed by atoms with Gasteiger partial charge in [0.1, 0.15) is 5.75 Å². The molecule has 7 heteroatoms. The second-order valence-electron chi connectivity index (χ2n) is 5.20. The number of rotatable bonds is 7. The molecule has 1 heterocycles. The fourth-order valence-corrected chi connectivity index (χ4v) is 2.51. The zero-order chi connectivity index (χ0) is 17.2. The number of methoxy groups -OCH3 is 1. The van der Waals surface area contributed by atoms with Gasteiger partial charge in [-0.1, -0.05) is 23.7 Å². The first-order valence-corrected chi connectivity index (χ1v) is 8.27. The zero-order valence-corrected chi connectivity index (χ0v) is 17.5. The predicted molar refractivity (Wildman–Crippen MR) is 114 cm³/mol. The van der Waals surface area contributed by atoms with Crippen molar-refractivity contribution in [1.29, 1.82) is 0 Å². The molecule has 0 spiro atoms. The molecular weight excluding hydrogens is 451 g/mol. The van der Waals surface area contributed by atoms with E-state index in [-0.39, 0.29) is 24.0 Å². The number of benzene rings is 1. The molecular formula is C18H24ClIN4O. The first-order valence-electron chi connectivity index (χ1n) is 7.89. The van der Waals surface area contributed by atoms with Crippen LogP contribution in [0.1, 0.15) is 11.3 Å². The third-order valence-electron chi connectivity index (χ3n) is 3.57. The molecule has 2 N–H and O–H groups in total. The van der Waals surface area contributed by atoms with Crippen LogP contribution in [-0.2, 0) is 12.8 Å². The van der Waals surface area contributed by atoms with Crippen LogP contribution >= 0.6 is 35.6 Å². The topological polar surface area (TPSA) is 58.5 Å². The highest BCUT2D eigenvalue weighted by molar-refractivity contribution is 14.0. The number of halogens is 2. The van der Waals surface area contributed by atoms with Crippen molar-refractivity contribution in [2.45, 2.75) is 12.8 Å². The summed E-state index contributed by atoms with van der Waals surface area (Å²) < 4.78 is 5.16. The molecule has 0 unspecified atom stereocenters. The summed E-state index contributed by atoms with van der Waals surface area (Å²) in [4.78, 5) is 8.52. The number of aromatic nitrogens is 1. The van der Waals surface area contributed by atoms with E-state index in [0.717, 1.165) is 48.9 Å². The Morgan fingerprint density at radius 2 is 1.92 bits per heavy atom. The van der Waals surface area contributed by atoms with Crippen molar-refractivity contribution in [2.75, 3.05) is 27.2 Å². The SMILES string of the molecule is CN=C(NCCc1ccccn1)NCCc1ccc(OC)cc1Cl.I. The van der Waals surface area contributed by atoms with E-state index in [0.29, 0.717) is 5.02 Å². The summed E-state index contributed by atoms with van der Waals surface area (Å²) in [5.41, 5.74) is 2.14. The molecule has 25 heavy (non-hydrogen) atoms. The van der Waals surface area contributed by atoms with Crippen LogP contribution in [0.5, 0.6) is 5.75 Å². The lowest BCUT2D eigenvalue weighted by atomic mass is 10.1. The second kappa shape index (κ2) is 11.9. The molecule has 0 aliphatic heterocycles. The van der Waals surface area contributed by atoms with E-state index in [2.05, 4.69) is 20.6 Å². The highest BCUT2D eigenvalue weighted by Gasteiger charge is 2.03. The Bertz CT molecular complexity index is 667. The van der Waals surface area contributed by atoms with E-state index in [1.807, 2.05) is 36.4 Å². The molecule has 0 saturated heterocycles. The minimum Gasteiger partial charge on any atom is -0.497 e. The first-order chi connectivity index (χ1) is 11.7. The van der Waals surface area contributed by atoms with Gasteiger partial charge in [-0.3, -0.25) is 9.98 Å². The van der Waals surface area contributed by atoms with Gasteiger partial charge in [-0.15, -0.1) is 24.0 Å². The molecule has 2 rings (SSSR count). The molecule has 0 saturated carbocycles. The van der Waals surface area contributed by atoms with Crippen molar-refractivity contribution in [3.63, 3.8) is 0 Å². The van der Waals surface area contributed by atoms with Crippen molar-refractivity contribution in [3.05, 3.63) is 58.9 Å². The van der Waals surface area contributed by atoms with Crippen LogP contribution in [0.25, 0.3) is 0 Å². The predicted octanol–water partition coefficient (Wildman–Crippen LogP) is 3.31. The van der Waals surface area contributed by atoms with Gasteiger partial charge in [0.15, 0.2) is 5.96 Å². The van der Waals surface area contributed by atoms with Gasteiger partial charge in [0, 0.05) is 43.5 Å². The fourth-order valence-electron chi connectivity index (χ4n) is 2.25. The minimum absolute atomic E-state index is 0. The molecule has 5 nitrogen and oxygen atoms in total. The Labute approximate surface area is 171 Å². The summed E-state index contributed by atoms with van der Waals surface area (Å²) >= 11 is 6.25. The zero-order valence-electron chi connectivity index (χ0n) is 14.5. The van der Waals surface area contributed by atoms with Crippen LogP contribution in [0.15, 0.2) is 47.6 Å². The number of hydrogen-bond acceptors (Lipinski definition) is 3. The molecule has 1 aromatic heterocycles. The lowest BCUT2D eigenvalue weighted by Crippen LogP contribution is -2.39. The van der Waals surface area contributed by atoms with Gasteiger partial charge in [-0.25, -0.2) is 0 Å². The molecule has 0 atom stereocenters. The first kappa shape index (κ1) is 21.5. The Morgan fingerprint density at radius 1 is 1.16 bits per heavy atom. The smallest absolute Gasteiger partial charge is 0.190 e. The molecule has 0 fully saturated rings. The fraction of sp³-hybridized carbons (Fsp3) is 0.333. The van der Waals surface area contributed by atoms with Crippen LogP contribution in [0, 0.1) is 0 Å². The number of hydrogen-bond donors (Lipinski definition) is 2. The van der Waals surface area contributed by atoms with Crippen LogP contribution in [-0.4, -0.2) is 38.2 Å². The lowest BCUT2D eigenvalue weighted by molar-refractivity contribution is 0.414. The van der Waals surface area contributed by atoms with Crippen LogP contribution in [0.3, 0.4) is 0 Å². The average Bonchev–Trinajstić information content (AvgIpc) is 2.62. The molecule has 0 aliphatic rings. The van der Waals surface area contributed by atoms with Crippen molar-refractivity contribution >= 4 is 41.5 Å². The minimum atomic E-state index is 0. The number of guanidine groups is 1. The van der Waals surface area contributed by atoms with Crippen LogP contribution < -0.4 is 15.4 Å². The van der Waals surface area contributed by atoms with Crippen molar-refractivity contribution in [3.8, 4) is 5.75 Å². The van der Waals surface area contributed by atoms with Gasteiger partial charge in [0.05, 0.1) is 7.11 Å². The monoisotopic (exact) mass is 474 g/mol. The summed E-state index contributed by atoms with van der Waals surface area (Å²) in [6.07, 6.45) is 3.47. The quantitative estimate of drug-likeness (QED) is 0.367. The van der Waals surface area contributed by atoms with Crippen molar-refractivity contribution < 1.29 is 4.74 Å². The average molecular weight is 475 g/mol. The molecule has 136 valence electrons. The standard InChI is InChI=1S/C18H23ClN4O.HI/c1-20-18(23-12-9-15-5-3-4-10-21-15)22-11-8-14-6-7-16(24-2)13-17(14)19;/h3-7,10,13H,8-9,11-12H2,1-2H3,(H2,20,22,23);1H. The number of nitrogens with zero attached hydrogens (tertiary/aromatic N) is 2. The van der Waals surface area contributed by atoms with Crippen LogP contribution in [0.2, 0.25) is 5.02 Å².